The van der Waals surface area contributed by atoms with Crippen molar-refractivity contribution in [1.29, 1.82) is 0 Å². The first kappa shape index (κ1) is 6.16. The standard InChI is InChI=1S/C5H6ClN3/c1-3(6)4-2-5(7)9-8-4/h2H,1H2,(H3,7,8,9). The minimum absolute atomic E-state index is 0.416. The molecule has 0 unspecified atom stereocenters. The van der Waals surface area contributed by atoms with Gasteiger partial charge in [0.2, 0.25) is 0 Å². The number of nitrogens with one attached hydrogen (secondary N) is 1. The van der Waals surface area contributed by atoms with Crippen molar-refractivity contribution in [2.45, 2.75) is 0 Å². The largest absolute Gasteiger partial charge is 0.382 e. The summed E-state index contributed by atoms with van der Waals surface area (Å²) < 4.78 is 0. The number of nitrogens with two attached hydrogens (primary N) is 1. The lowest BCUT2D eigenvalue weighted by molar-refractivity contribution is 1.09. The molecule has 0 saturated carbocycles. The molecule has 0 saturated heterocycles. The number of nitrogens with zero attached hydrogens (tertiary/aromatic N) is 1. The summed E-state index contributed by atoms with van der Waals surface area (Å²) >= 11 is 5.50. The number of halogens is 1. The van der Waals surface area contributed by atoms with Crippen LogP contribution in [0.3, 0.4) is 0 Å². The van der Waals surface area contributed by atoms with Gasteiger partial charge in [-0.2, -0.15) is 5.10 Å². The molecule has 0 amide bonds. The molecule has 3 nitrogen and oxygen atoms in total. The second-order valence-electron chi connectivity index (χ2n) is 1.61. The maximum atomic E-state index is 5.50. The number of aromatic amines is 1. The Morgan fingerprint density at radius 1 is 1.89 bits per heavy atom. The Labute approximate surface area is 57.5 Å². The monoisotopic (exact) mass is 143 g/mol. The summed E-state index contributed by atoms with van der Waals surface area (Å²) in [6.45, 7) is 3.48. The molecular weight excluding hydrogens is 138 g/mol. The van der Waals surface area contributed by atoms with E-state index in [9.17, 15) is 0 Å². The molecule has 0 spiro atoms. The molecule has 0 atom stereocenters. The molecule has 1 aromatic heterocycles. The van der Waals surface area contributed by atoms with Gasteiger partial charge in [-0.3, -0.25) is 5.10 Å². The molecule has 0 aliphatic rings. The molecule has 9 heavy (non-hydrogen) atoms. The van der Waals surface area contributed by atoms with Crippen LogP contribution in [0.15, 0.2) is 12.6 Å². The van der Waals surface area contributed by atoms with Crippen LogP contribution in [0.2, 0.25) is 0 Å². The molecule has 3 N–H and O–H groups in total. The van der Waals surface area contributed by atoms with Crippen molar-refractivity contribution in [3.8, 4) is 0 Å². The SMILES string of the molecule is C=C(Cl)c1cc(N)n[nH]1. The Morgan fingerprint density at radius 3 is 2.78 bits per heavy atom. The molecule has 1 aromatic rings. The van der Waals surface area contributed by atoms with Crippen LogP contribution in [0.25, 0.3) is 5.03 Å². The molecule has 0 aromatic carbocycles. The van der Waals surface area contributed by atoms with Crippen LogP contribution >= 0.6 is 11.6 Å². The van der Waals surface area contributed by atoms with Gasteiger partial charge in [-0.05, 0) is 0 Å². The van der Waals surface area contributed by atoms with E-state index in [1.54, 1.807) is 6.07 Å². The van der Waals surface area contributed by atoms with E-state index < -0.39 is 0 Å². The van der Waals surface area contributed by atoms with Crippen molar-refractivity contribution in [2.24, 2.45) is 0 Å². The molecule has 4 heteroatoms. The number of aromatic nitrogens is 2. The van der Waals surface area contributed by atoms with Crippen LogP contribution in [0.4, 0.5) is 5.82 Å². The van der Waals surface area contributed by atoms with Gasteiger partial charge in [0, 0.05) is 6.07 Å². The zero-order valence-electron chi connectivity index (χ0n) is 4.69. The number of hydrogen-bond donors (Lipinski definition) is 2. The number of H-pyrrole nitrogens is 1. The van der Waals surface area contributed by atoms with E-state index in [1.165, 1.54) is 0 Å². The molecule has 0 bridgehead atoms. The fourth-order valence-corrected chi connectivity index (χ4v) is 0.573. The minimum Gasteiger partial charge on any atom is -0.382 e. The normalized spacial score (nSPS) is 9.44. The number of nitrogen functional groups attached to an aromatic ring is 1. The van der Waals surface area contributed by atoms with Crippen molar-refractivity contribution in [3.63, 3.8) is 0 Å². The van der Waals surface area contributed by atoms with Gasteiger partial charge < -0.3 is 5.73 Å². The van der Waals surface area contributed by atoms with Gasteiger partial charge in [0.1, 0.15) is 5.82 Å². The van der Waals surface area contributed by atoms with Gasteiger partial charge >= 0.3 is 0 Å². The summed E-state index contributed by atoms with van der Waals surface area (Å²) in [5.41, 5.74) is 5.94. The van der Waals surface area contributed by atoms with Crippen LogP contribution in [-0.2, 0) is 0 Å². The fraction of sp³-hybridized carbons (Fsp3) is 0. The van der Waals surface area contributed by atoms with Crippen molar-refractivity contribution in [2.75, 3.05) is 5.73 Å². The third-order valence-electron chi connectivity index (χ3n) is 0.890. The van der Waals surface area contributed by atoms with Gasteiger partial charge in [-0.1, -0.05) is 18.2 Å². The van der Waals surface area contributed by atoms with E-state index in [1.807, 2.05) is 0 Å². The number of hydrogen-bond acceptors (Lipinski definition) is 2. The van der Waals surface area contributed by atoms with Gasteiger partial charge in [-0.25, -0.2) is 0 Å². The van der Waals surface area contributed by atoms with Crippen molar-refractivity contribution in [1.82, 2.24) is 10.2 Å². The molecule has 48 valence electrons. The molecule has 1 heterocycles. The third kappa shape index (κ3) is 1.23. The first-order valence-electron chi connectivity index (χ1n) is 2.36. The highest BCUT2D eigenvalue weighted by Gasteiger charge is 1.96. The van der Waals surface area contributed by atoms with E-state index in [2.05, 4.69) is 16.8 Å². The van der Waals surface area contributed by atoms with E-state index in [4.69, 9.17) is 17.3 Å². The molecule has 0 fully saturated rings. The maximum Gasteiger partial charge on any atom is 0.145 e. The van der Waals surface area contributed by atoms with Crippen LogP contribution in [-0.4, -0.2) is 10.2 Å². The van der Waals surface area contributed by atoms with E-state index in [0.717, 1.165) is 0 Å². The molecule has 0 aliphatic carbocycles. The highest BCUT2D eigenvalue weighted by atomic mass is 35.5. The molecule has 0 radical (unpaired) electrons. The minimum atomic E-state index is 0.416. The lowest BCUT2D eigenvalue weighted by Gasteiger charge is -1.83. The van der Waals surface area contributed by atoms with Crippen molar-refractivity contribution >= 4 is 22.5 Å². The number of rotatable bonds is 1. The van der Waals surface area contributed by atoms with Crippen LogP contribution < -0.4 is 5.73 Å². The molecule has 0 aliphatic heterocycles. The van der Waals surface area contributed by atoms with Crippen LogP contribution in [0, 0.1) is 0 Å². The summed E-state index contributed by atoms with van der Waals surface area (Å²) in [4.78, 5) is 0. The van der Waals surface area contributed by atoms with Gasteiger partial charge in [0.05, 0.1) is 10.7 Å². The van der Waals surface area contributed by atoms with Crippen molar-refractivity contribution < 1.29 is 0 Å². The number of anilines is 1. The summed E-state index contributed by atoms with van der Waals surface area (Å²) in [7, 11) is 0. The van der Waals surface area contributed by atoms with Gasteiger partial charge in [0.25, 0.3) is 0 Å². The average Bonchev–Trinajstić information content (AvgIpc) is 2.14. The van der Waals surface area contributed by atoms with Crippen LogP contribution in [0.5, 0.6) is 0 Å². The quantitative estimate of drug-likeness (QED) is 0.621. The van der Waals surface area contributed by atoms with Crippen molar-refractivity contribution in [3.05, 3.63) is 18.3 Å². The Bertz CT molecular complexity index is 228. The first-order chi connectivity index (χ1) is 4.20. The second-order valence-corrected chi connectivity index (χ2v) is 2.07. The third-order valence-corrected chi connectivity index (χ3v) is 1.09. The maximum absolute atomic E-state index is 5.50. The lowest BCUT2D eigenvalue weighted by Crippen LogP contribution is -1.81. The fourth-order valence-electron chi connectivity index (χ4n) is 0.476. The Hall–Kier alpha value is -0.960. The zero-order chi connectivity index (χ0) is 6.85. The summed E-state index contributed by atoms with van der Waals surface area (Å²) in [5.74, 6) is 0.423. The molecule has 1 rings (SSSR count). The predicted molar refractivity (Wildman–Crippen MR) is 37.9 cm³/mol. The summed E-state index contributed by atoms with van der Waals surface area (Å²) in [5, 5.41) is 6.66. The smallest absolute Gasteiger partial charge is 0.145 e. The first-order valence-corrected chi connectivity index (χ1v) is 2.73. The van der Waals surface area contributed by atoms with Crippen LogP contribution in [0.1, 0.15) is 5.69 Å². The summed E-state index contributed by atoms with van der Waals surface area (Å²) in [6, 6.07) is 1.62. The molecular formula is C5H6ClN3. The summed E-state index contributed by atoms with van der Waals surface area (Å²) in [6.07, 6.45) is 0. The lowest BCUT2D eigenvalue weighted by atomic mass is 10.4. The predicted octanol–water partition coefficient (Wildman–Crippen LogP) is 1.20. The zero-order valence-corrected chi connectivity index (χ0v) is 5.44. The Balaban J connectivity index is 2.98. The van der Waals surface area contributed by atoms with E-state index in [0.29, 0.717) is 16.5 Å². The topological polar surface area (TPSA) is 54.7 Å². The van der Waals surface area contributed by atoms with Gasteiger partial charge in [0.15, 0.2) is 0 Å². The van der Waals surface area contributed by atoms with E-state index >= 15 is 0 Å². The second kappa shape index (κ2) is 2.11. The van der Waals surface area contributed by atoms with Gasteiger partial charge in [-0.15, -0.1) is 0 Å². The Morgan fingerprint density at radius 2 is 2.56 bits per heavy atom. The van der Waals surface area contributed by atoms with E-state index in [-0.39, 0.29) is 0 Å². The Kier molecular flexibility index (Phi) is 1.44. The highest BCUT2D eigenvalue weighted by molar-refractivity contribution is 6.48. The average molecular weight is 144 g/mol. The highest BCUT2D eigenvalue weighted by Crippen LogP contribution is 2.14.